The number of rotatable bonds is 2. The molecule has 1 amide bonds. The first-order chi connectivity index (χ1) is 4.99. The maximum atomic E-state index is 10.9. The van der Waals surface area contributed by atoms with E-state index in [4.69, 9.17) is 4.89 Å². The number of carbonyl (C=O) groups excluding carboxylic acids is 1. The van der Waals surface area contributed by atoms with Crippen LogP contribution in [0.3, 0.4) is 0 Å². The van der Waals surface area contributed by atoms with Crippen LogP contribution in [0, 0.1) is 0 Å². The quantitative estimate of drug-likeness (QED) is 0.623. The Labute approximate surface area is 65.6 Å². The second kappa shape index (κ2) is 2.95. The maximum Gasteiger partial charge on any atom is 0.223 e. The molecule has 0 spiro atoms. The fraction of sp³-hybridized carbons (Fsp3) is 0.833. The Morgan fingerprint density at radius 1 is 1.73 bits per heavy atom. The molecule has 0 radical (unpaired) electrons. The van der Waals surface area contributed by atoms with Crippen LogP contribution in [0.5, 0.6) is 0 Å². The first kappa shape index (κ1) is 8.75. The van der Waals surface area contributed by atoms with Gasteiger partial charge in [-0.25, -0.2) is 0 Å². The first-order valence-corrected chi connectivity index (χ1v) is 5.85. The van der Waals surface area contributed by atoms with E-state index in [0.29, 0.717) is 13.0 Å². The Balaban J connectivity index is 2.50. The molecule has 1 unspecified atom stereocenters. The summed E-state index contributed by atoms with van der Waals surface area (Å²) in [5.74, 6) is 0.00104. The van der Waals surface area contributed by atoms with Gasteiger partial charge in [0.15, 0.2) is 0 Å². The Bertz CT molecular complexity index is 210. The minimum Gasteiger partial charge on any atom is -0.343 e. The summed E-state index contributed by atoms with van der Waals surface area (Å²) in [4.78, 5) is 21.4. The molecule has 0 aliphatic carbocycles. The van der Waals surface area contributed by atoms with Crippen molar-refractivity contribution < 1.29 is 14.3 Å². The molecule has 1 aliphatic heterocycles. The molecule has 0 aromatic heterocycles. The zero-order valence-electron chi connectivity index (χ0n) is 6.49. The third-order valence-corrected chi connectivity index (χ3v) is 2.47. The van der Waals surface area contributed by atoms with Crippen LogP contribution in [-0.4, -0.2) is 35.2 Å². The topological polar surface area (TPSA) is 57.6 Å². The van der Waals surface area contributed by atoms with Gasteiger partial charge in [-0.2, -0.15) is 0 Å². The second-order valence-corrected chi connectivity index (χ2v) is 5.34. The highest BCUT2D eigenvalue weighted by Crippen LogP contribution is 2.36. The van der Waals surface area contributed by atoms with Gasteiger partial charge in [0.1, 0.15) is 0 Å². The van der Waals surface area contributed by atoms with Crippen molar-refractivity contribution in [3.63, 3.8) is 0 Å². The monoisotopic (exact) mass is 177 g/mol. The lowest BCUT2D eigenvalue weighted by Crippen LogP contribution is -2.25. The van der Waals surface area contributed by atoms with Crippen molar-refractivity contribution in [2.45, 2.75) is 12.8 Å². The van der Waals surface area contributed by atoms with Crippen LogP contribution < -0.4 is 0 Å². The van der Waals surface area contributed by atoms with Crippen LogP contribution in [0.15, 0.2) is 0 Å². The van der Waals surface area contributed by atoms with Gasteiger partial charge in [0.2, 0.25) is 13.3 Å². The van der Waals surface area contributed by atoms with Gasteiger partial charge in [-0.3, -0.25) is 9.36 Å². The van der Waals surface area contributed by atoms with Gasteiger partial charge in [-0.05, 0) is 6.42 Å². The van der Waals surface area contributed by atoms with Gasteiger partial charge in [-0.15, -0.1) is 0 Å². The van der Waals surface area contributed by atoms with Crippen LogP contribution in [0.4, 0.5) is 0 Å². The summed E-state index contributed by atoms with van der Waals surface area (Å²) in [6.45, 7) is 1.91. The zero-order chi connectivity index (χ0) is 8.48. The molecule has 1 saturated heterocycles. The van der Waals surface area contributed by atoms with Crippen molar-refractivity contribution in [3.8, 4) is 0 Å². The number of carbonyl (C=O) groups is 1. The number of likely N-dealkylation sites (tertiary alicyclic amines) is 1. The largest absolute Gasteiger partial charge is 0.343 e. The van der Waals surface area contributed by atoms with Crippen LogP contribution >= 0.6 is 7.37 Å². The molecule has 0 aromatic carbocycles. The molecular formula is C6H12NO3P. The molecule has 1 fully saturated rings. The average Bonchev–Trinajstić information content (AvgIpc) is 2.12. The normalized spacial score (nSPS) is 23.8. The highest BCUT2D eigenvalue weighted by atomic mass is 31.2. The summed E-state index contributed by atoms with van der Waals surface area (Å²) < 4.78 is 10.9. The van der Waals surface area contributed by atoms with Crippen molar-refractivity contribution in [1.82, 2.24) is 4.90 Å². The Kier molecular flexibility index (Phi) is 2.35. The second-order valence-electron chi connectivity index (χ2n) is 2.95. The number of hydrogen-bond acceptors (Lipinski definition) is 2. The van der Waals surface area contributed by atoms with E-state index in [0.717, 1.165) is 6.42 Å². The minimum atomic E-state index is -3.05. The molecule has 1 heterocycles. The van der Waals surface area contributed by atoms with Gasteiger partial charge in [-0.1, -0.05) is 0 Å². The minimum absolute atomic E-state index is 0.00104. The SMILES string of the molecule is CP(=O)(O)CN1CCCC1=O. The Morgan fingerprint density at radius 2 is 2.36 bits per heavy atom. The number of hydrogen-bond donors (Lipinski definition) is 1. The molecule has 0 bridgehead atoms. The van der Waals surface area contributed by atoms with E-state index < -0.39 is 7.37 Å². The third-order valence-electron chi connectivity index (χ3n) is 1.60. The van der Waals surface area contributed by atoms with Crippen LogP contribution in [0.1, 0.15) is 12.8 Å². The van der Waals surface area contributed by atoms with E-state index in [1.807, 2.05) is 0 Å². The molecule has 4 nitrogen and oxygen atoms in total. The van der Waals surface area contributed by atoms with Crippen LogP contribution in [0.2, 0.25) is 0 Å². The fourth-order valence-corrected chi connectivity index (χ4v) is 2.10. The van der Waals surface area contributed by atoms with Gasteiger partial charge in [0.05, 0.1) is 6.29 Å². The van der Waals surface area contributed by atoms with Crippen molar-refractivity contribution in [2.75, 3.05) is 19.5 Å². The first-order valence-electron chi connectivity index (χ1n) is 3.56. The smallest absolute Gasteiger partial charge is 0.223 e. The average molecular weight is 177 g/mol. The molecule has 0 saturated carbocycles. The summed E-state index contributed by atoms with van der Waals surface area (Å²) in [5, 5.41) is 0. The molecule has 64 valence electrons. The number of nitrogens with zero attached hydrogens (tertiary/aromatic N) is 1. The summed E-state index contributed by atoms with van der Waals surface area (Å²) in [7, 11) is -3.05. The van der Waals surface area contributed by atoms with Crippen molar-refractivity contribution in [3.05, 3.63) is 0 Å². The predicted molar refractivity (Wildman–Crippen MR) is 41.6 cm³/mol. The van der Waals surface area contributed by atoms with Crippen molar-refractivity contribution >= 4 is 13.3 Å². The van der Waals surface area contributed by atoms with Crippen LogP contribution in [-0.2, 0) is 9.36 Å². The summed E-state index contributed by atoms with van der Waals surface area (Å²) in [5.41, 5.74) is 0. The van der Waals surface area contributed by atoms with Gasteiger partial charge >= 0.3 is 0 Å². The maximum absolute atomic E-state index is 10.9. The third kappa shape index (κ3) is 2.64. The standard InChI is InChI=1S/C6H12NO3P/c1-11(9,10)5-7-4-2-3-6(7)8/h2-5H2,1H3,(H,9,10). The van der Waals surface area contributed by atoms with Crippen molar-refractivity contribution in [2.24, 2.45) is 0 Å². The lowest BCUT2D eigenvalue weighted by atomic mass is 10.4. The van der Waals surface area contributed by atoms with E-state index in [1.54, 1.807) is 0 Å². The summed E-state index contributed by atoms with van der Waals surface area (Å²) >= 11 is 0. The zero-order valence-corrected chi connectivity index (χ0v) is 7.38. The molecule has 1 aliphatic rings. The molecule has 0 aromatic rings. The van der Waals surface area contributed by atoms with Gasteiger partial charge < -0.3 is 9.79 Å². The number of amides is 1. The Hall–Kier alpha value is -0.340. The van der Waals surface area contributed by atoms with E-state index in [2.05, 4.69) is 0 Å². The van der Waals surface area contributed by atoms with E-state index in [1.165, 1.54) is 11.6 Å². The van der Waals surface area contributed by atoms with Gasteiger partial charge in [0, 0.05) is 19.6 Å². The predicted octanol–water partition coefficient (Wildman–Crippen LogP) is 0.466. The van der Waals surface area contributed by atoms with E-state index in [-0.39, 0.29) is 12.2 Å². The van der Waals surface area contributed by atoms with E-state index in [9.17, 15) is 9.36 Å². The summed E-state index contributed by atoms with van der Waals surface area (Å²) in [6, 6.07) is 0. The molecule has 1 atom stereocenters. The lowest BCUT2D eigenvalue weighted by molar-refractivity contribution is -0.127. The van der Waals surface area contributed by atoms with Gasteiger partial charge in [0.25, 0.3) is 0 Å². The molecule has 5 heteroatoms. The molecule has 1 N–H and O–H groups in total. The van der Waals surface area contributed by atoms with E-state index >= 15 is 0 Å². The van der Waals surface area contributed by atoms with Crippen LogP contribution in [0.25, 0.3) is 0 Å². The fourth-order valence-electron chi connectivity index (χ4n) is 1.17. The lowest BCUT2D eigenvalue weighted by Gasteiger charge is -2.16. The molecular weight excluding hydrogens is 165 g/mol. The molecule has 1 rings (SSSR count). The highest BCUT2D eigenvalue weighted by molar-refractivity contribution is 7.57. The molecule has 11 heavy (non-hydrogen) atoms. The Morgan fingerprint density at radius 3 is 2.73 bits per heavy atom. The summed E-state index contributed by atoms with van der Waals surface area (Å²) in [6.07, 6.45) is 1.37. The highest BCUT2D eigenvalue weighted by Gasteiger charge is 2.25. The van der Waals surface area contributed by atoms with Crippen molar-refractivity contribution in [1.29, 1.82) is 0 Å².